The van der Waals surface area contributed by atoms with Crippen LogP contribution in [0.3, 0.4) is 0 Å². The summed E-state index contributed by atoms with van der Waals surface area (Å²) in [5.74, 6) is 2.36. The Kier molecular flexibility index (Phi) is 10.7. The van der Waals surface area contributed by atoms with E-state index in [1.165, 1.54) is 12.8 Å². The monoisotopic (exact) mass is 545 g/mol. The van der Waals surface area contributed by atoms with Crippen molar-refractivity contribution in [2.75, 3.05) is 33.9 Å². The van der Waals surface area contributed by atoms with Crippen LogP contribution in [0.25, 0.3) is 0 Å². The molecule has 1 saturated carbocycles. The number of rotatable bonds is 7. The maximum atomic E-state index is 12.0. The first-order chi connectivity index (χ1) is 14.6. The van der Waals surface area contributed by atoms with Crippen LogP contribution in [-0.2, 0) is 16.1 Å². The van der Waals surface area contributed by atoms with E-state index in [1.54, 1.807) is 14.2 Å². The van der Waals surface area contributed by atoms with E-state index in [2.05, 4.69) is 21.3 Å². The highest BCUT2D eigenvalue weighted by molar-refractivity contribution is 14.0. The van der Waals surface area contributed by atoms with Gasteiger partial charge in [-0.2, -0.15) is 0 Å². The highest BCUT2D eigenvalue weighted by Crippen LogP contribution is 2.32. The smallest absolute Gasteiger partial charge is 0.309 e. The van der Waals surface area contributed by atoms with E-state index in [4.69, 9.17) is 14.2 Å². The Morgan fingerprint density at radius 1 is 1.16 bits per heavy atom. The molecule has 0 spiro atoms. The van der Waals surface area contributed by atoms with Gasteiger partial charge in [-0.15, -0.1) is 24.0 Å². The number of hydrogen-bond acceptors (Lipinski definition) is 5. The van der Waals surface area contributed by atoms with Crippen molar-refractivity contribution in [2.45, 2.75) is 58.1 Å². The van der Waals surface area contributed by atoms with Crippen LogP contribution in [0.15, 0.2) is 23.2 Å². The summed E-state index contributed by atoms with van der Waals surface area (Å²) in [6.45, 7) is 4.53. The van der Waals surface area contributed by atoms with E-state index in [-0.39, 0.29) is 42.0 Å². The van der Waals surface area contributed by atoms with Crippen molar-refractivity contribution in [3.63, 3.8) is 0 Å². The molecule has 0 amide bonds. The normalized spacial score (nSPS) is 17.8. The van der Waals surface area contributed by atoms with E-state index in [9.17, 15) is 4.79 Å². The van der Waals surface area contributed by atoms with Crippen LogP contribution >= 0.6 is 24.0 Å². The Labute approximate surface area is 202 Å². The van der Waals surface area contributed by atoms with Crippen LogP contribution in [0, 0.1) is 5.92 Å². The lowest BCUT2D eigenvalue weighted by Gasteiger charge is -2.33. The summed E-state index contributed by atoms with van der Waals surface area (Å²) >= 11 is 0. The topological polar surface area (TPSA) is 72.4 Å². The van der Waals surface area contributed by atoms with Gasteiger partial charge in [-0.25, -0.2) is 0 Å². The van der Waals surface area contributed by atoms with Gasteiger partial charge in [0.15, 0.2) is 17.5 Å². The first kappa shape index (κ1) is 25.5. The van der Waals surface area contributed by atoms with Gasteiger partial charge in [0.2, 0.25) is 0 Å². The van der Waals surface area contributed by atoms with Crippen molar-refractivity contribution in [3.8, 4) is 11.5 Å². The number of carbonyl (C=O) groups is 1. The van der Waals surface area contributed by atoms with E-state index in [0.717, 1.165) is 61.8 Å². The minimum atomic E-state index is -0.0758. The quantitative estimate of drug-likeness (QED) is 0.242. The summed E-state index contributed by atoms with van der Waals surface area (Å²) < 4.78 is 16.8. The average molecular weight is 545 g/mol. The predicted molar refractivity (Wildman–Crippen MR) is 132 cm³/mol. The SMILES string of the molecule is CCOC(=O)C1CCN(C(=NC)NCc2ccc(OC)c(OC3CCCC3)c2)CC1.I. The molecule has 1 saturated heterocycles. The van der Waals surface area contributed by atoms with Gasteiger partial charge in [0.05, 0.1) is 25.7 Å². The fourth-order valence-electron chi connectivity index (χ4n) is 4.21. The van der Waals surface area contributed by atoms with Gasteiger partial charge in [-0.1, -0.05) is 6.07 Å². The van der Waals surface area contributed by atoms with Crippen LogP contribution in [0.2, 0.25) is 0 Å². The standard InChI is InChI=1S/C23H35N3O4.HI/c1-4-29-22(27)18-11-13-26(14-12-18)23(24-2)25-16-17-9-10-20(28-3)21(15-17)30-19-7-5-6-8-19;/h9-10,15,18-19H,4-8,11-14,16H2,1-3H3,(H,24,25);1H. The number of ether oxygens (including phenoxy) is 3. The molecule has 1 N–H and O–H groups in total. The first-order valence-electron chi connectivity index (χ1n) is 11.1. The van der Waals surface area contributed by atoms with Gasteiger partial charge in [-0.3, -0.25) is 9.79 Å². The van der Waals surface area contributed by atoms with Crippen molar-refractivity contribution < 1.29 is 19.0 Å². The molecule has 0 aromatic heterocycles. The third-order valence-corrected chi connectivity index (χ3v) is 5.90. The maximum Gasteiger partial charge on any atom is 0.309 e. The molecule has 1 aromatic rings. The Morgan fingerprint density at radius 3 is 2.48 bits per heavy atom. The Morgan fingerprint density at radius 2 is 1.87 bits per heavy atom. The summed E-state index contributed by atoms with van der Waals surface area (Å²) in [4.78, 5) is 18.6. The van der Waals surface area contributed by atoms with E-state index in [0.29, 0.717) is 13.2 Å². The lowest BCUT2D eigenvalue weighted by molar-refractivity contribution is -0.149. The zero-order valence-electron chi connectivity index (χ0n) is 18.9. The molecule has 8 heteroatoms. The highest BCUT2D eigenvalue weighted by atomic mass is 127. The molecule has 1 aromatic carbocycles. The number of guanidine groups is 1. The Balaban J connectivity index is 0.00000341. The van der Waals surface area contributed by atoms with Crippen LogP contribution in [0.1, 0.15) is 51.0 Å². The molecule has 0 unspecified atom stereocenters. The lowest BCUT2D eigenvalue weighted by Crippen LogP contribution is -2.46. The molecule has 1 aliphatic heterocycles. The van der Waals surface area contributed by atoms with E-state index < -0.39 is 0 Å². The van der Waals surface area contributed by atoms with Crippen LogP contribution < -0.4 is 14.8 Å². The number of hydrogen-bond donors (Lipinski definition) is 1. The van der Waals surface area contributed by atoms with Gasteiger partial charge < -0.3 is 24.4 Å². The molecule has 1 aliphatic carbocycles. The largest absolute Gasteiger partial charge is 0.493 e. The highest BCUT2D eigenvalue weighted by Gasteiger charge is 2.27. The number of benzene rings is 1. The molecule has 31 heavy (non-hydrogen) atoms. The number of nitrogens with zero attached hydrogens (tertiary/aromatic N) is 2. The Bertz CT molecular complexity index is 730. The molecular weight excluding hydrogens is 509 g/mol. The summed E-state index contributed by atoms with van der Waals surface area (Å²) in [6, 6.07) is 6.08. The van der Waals surface area contributed by atoms with Gasteiger partial charge >= 0.3 is 5.97 Å². The summed E-state index contributed by atoms with van der Waals surface area (Å²) in [7, 11) is 3.47. The molecule has 1 heterocycles. The number of halogens is 1. The van der Waals surface area contributed by atoms with Gasteiger partial charge in [0.25, 0.3) is 0 Å². The lowest BCUT2D eigenvalue weighted by atomic mass is 9.97. The van der Waals surface area contributed by atoms with E-state index >= 15 is 0 Å². The molecule has 2 aliphatic rings. The van der Waals surface area contributed by atoms with Crippen LogP contribution in [0.4, 0.5) is 0 Å². The molecule has 2 fully saturated rings. The number of aliphatic imine (C=N–C) groups is 1. The second kappa shape index (κ2) is 13.0. The third kappa shape index (κ3) is 7.15. The third-order valence-electron chi connectivity index (χ3n) is 5.90. The average Bonchev–Trinajstić information content (AvgIpc) is 3.28. The number of nitrogens with one attached hydrogen (secondary N) is 1. The molecular formula is C23H36IN3O4. The summed E-state index contributed by atoms with van der Waals surface area (Å²) in [6.07, 6.45) is 6.56. The molecule has 0 bridgehead atoms. The van der Waals surface area contributed by atoms with Crippen LogP contribution in [-0.4, -0.2) is 56.8 Å². The molecule has 3 rings (SSSR count). The molecule has 0 radical (unpaired) electrons. The molecule has 174 valence electrons. The van der Waals surface area contributed by atoms with Crippen molar-refractivity contribution >= 4 is 35.9 Å². The van der Waals surface area contributed by atoms with Crippen molar-refractivity contribution in [3.05, 3.63) is 23.8 Å². The van der Waals surface area contributed by atoms with Crippen LogP contribution in [0.5, 0.6) is 11.5 Å². The first-order valence-corrected chi connectivity index (χ1v) is 11.1. The predicted octanol–water partition coefficient (Wildman–Crippen LogP) is 3.99. The minimum Gasteiger partial charge on any atom is -0.493 e. The number of esters is 1. The van der Waals surface area contributed by atoms with Crippen molar-refractivity contribution in [1.29, 1.82) is 0 Å². The zero-order chi connectivity index (χ0) is 21.3. The van der Waals surface area contributed by atoms with Gasteiger partial charge in [-0.05, 0) is 63.1 Å². The second-order valence-electron chi connectivity index (χ2n) is 7.92. The molecule has 0 atom stereocenters. The second-order valence-corrected chi connectivity index (χ2v) is 7.92. The van der Waals surface area contributed by atoms with Crippen molar-refractivity contribution in [1.82, 2.24) is 10.2 Å². The Hall–Kier alpha value is -1.71. The van der Waals surface area contributed by atoms with E-state index in [1.807, 2.05) is 19.1 Å². The molecule has 7 nitrogen and oxygen atoms in total. The number of likely N-dealkylation sites (tertiary alicyclic amines) is 1. The van der Waals surface area contributed by atoms with Crippen molar-refractivity contribution in [2.24, 2.45) is 10.9 Å². The number of carbonyl (C=O) groups excluding carboxylic acids is 1. The van der Waals surface area contributed by atoms with Gasteiger partial charge in [0.1, 0.15) is 0 Å². The fraction of sp³-hybridized carbons (Fsp3) is 0.652. The number of methoxy groups -OCH3 is 1. The summed E-state index contributed by atoms with van der Waals surface area (Å²) in [5, 5.41) is 3.45. The zero-order valence-corrected chi connectivity index (χ0v) is 21.2. The fourth-order valence-corrected chi connectivity index (χ4v) is 4.21. The maximum absolute atomic E-state index is 12.0. The van der Waals surface area contributed by atoms with Gasteiger partial charge in [0, 0.05) is 26.7 Å². The number of piperidine rings is 1. The minimum absolute atomic E-state index is 0. The summed E-state index contributed by atoms with van der Waals surface area (Å²) in [5.41, 5.74) is 1.12.